The van der Waals surface area contributed by atoms with Crippen molar-refractivity contribution in [3.63, 3.8) is 0 Å². The third-order valence-corrected chi connectivity index (χ3v) is 2.52. The monoisotopic (exact) mass is 251 g/mol. The summed E-state index contributed by atoms with van der Waals surface area (Å²) < 4.78 is 5.50. The lowest BCUT2D eigenvalue weighted by Gasteiger charge is -2.08. The Balaban J connectivity index is 2.13. The molecule has 1 rings (SSSR count). The van der Waals surface area contributed by atoms with Gasteiger partial charge < -0.3 is 15.4 Å². The summed E-state index contributed by atoms with van der Waals surface area (Å²) in [5.74, 6) is 1.84. The molecule has 2 N–H and O–H groups in total. The third kappa shape index (κ3) is 6.45. The van der Waals surface area contributed by atoms with Gasteiger partial charge in [0.05, 0.1) is 0 Å². The van der Waals surface area contributed by atoms with Gasteiger partial charge in [0.1, 0.15) is 11.6 Å². The number of nitrogens with one attached hydrogen (secondary N) is 2. The summed E-state index contributed by atoms with van der Waals surface area (Å²) in [7, 11) is 0. The van der Waals surface area contributed by atoms with Crippen LogP contribution in [-0.4, -0.2) is 31.3 Å². The first kappa shape index (κ1) is 14.8. The molecule has 0 spiro atoms. The van der Waals surface area contributed by atoms with Crippen molar-refractivity contribution in [1.82, 2.24) is 4.98 Å². The summed E-state index contributed by atoms with van der Waals surface area (Å²) in [6, 6.07) is 5.96. The molecule has 0 radical (unpaired) electrons. The molecule has 0 aliphatic carbocycles. The minimum atomic E-state index is 0.819. The van der Waals surface area contributed by atoms with Crippen molar-refractivity contribution in [1.29, 1.82) is 0 Å². The van der Waals surface area contributed by atoms with Crippen molar-refractivity contribution in [2.45, 2.75) is 33.1 Å². The molecule has 1 heterocycles. The first-order chi connectivity index (χ1) is 8.86. The maximum Gasteiger partial charge on any atom is 0.128 e. The lowest BCUT2D eigenvalue weighted by atomic mass is 10.3. The number of hydrogen-bond acceptors (Lipinski definition) is 4. The number of ether oxygens (including phenoxy) is 1. The van der Waals surface area contributed by atoms with Crippen LogP contribution in [0.1, 0.15) is 33.1 Å². The average Bonchev–Trinajstić information content (AvgIpc) is 2.39. The van der Waals surface area contributed by atoms with E-state index in [0.717, 1.165) is 50.8 Å². The summed E-state index contributed by atoms with van der Waals surface area (Å²) in [5.41, 5.74) is 0. The molecule has 102 valence electrons. The summed E-state index contributed by atoms with van der Waals surface area (Å²) in [4.78, 5) is 4.45. The molecule has 0 bridgehead atoms. The van der Waals surface area contributed by atoms with Crippen LogP contribution < -0.4 is 10.6 Å². The van der Waals surface area contributed by atoms with E-state index in [4.69, 9.17) is 4.74 Å². The fourth-order valence-corrected chi connectivity index (χ4v) is 1.55. The zero-order valence-corrected chi connectivity index (χ0v) is 11.5. The quantitative estimate of drug-likeness (QED) is 0.627. The Morgan fingerprint density at radius 1 is 1.06 bits per heavy atom. The van der Waals surface area contributed by atoms with E-state index in [2.05, 4.69) is 29.5 Å². The highest BCUT2D eigenvalue weighted by atomic mass is 16.5. The Bertz CT molecular complexity index is 318. The van der Waals surface area contributed by atoms with Gasteiger partial charge in [-0.1, -0.05) is 19.4 Å². The maximum absolute atomic E-state index is 5.50. The van der Waals surface area contributed by atoms with Crippen molar-refractivity contribution < 1.29 is 4.74 Å². The Morgan fingerprint density at radius 2 is 1.78 bits per heavy atom. The van der Waals surface area contributed by atoms with Crippen molar-refractivity contribution in [3.05, 3.63) is 18.2 Å². The van der Waals surface area contributed by atoms with Crippen LogP contribution in [0.3, 0.4) is 0 Å². The van der Waals surface area contributed by atoms with Gasteiger partial charge >= 0.3 is 0 Å². The summed E-state index contributed by atoms with van der Waals surface area (Å²) in [6.07, 6.45) is 3.36. The van der Waals surface area contributed by atoms with Crippen LogP contribution in [0.15, 0.2) is 18.2 Å². The second-order valence-electron chi connectivity index (χ2n) is 4.18. The van der Waals surface area contributed by atoms with E-state index in [-0.39, 0.29) is 0 Å². The minimum Gasteiger partial charge on any atom is -0.381 e. The summed E-state index contributed by atoms with van der Waals surface area (Å²) in [5, 5.41) is 6.50. The summed E-state index contributed by atoms with van der Waals surface area (Å²) >= 11 is 0. The number of aromatic nitrogens is 1. The second kappa shape index (κ2) is 9.71. The van der Waals surface area contributed by atoms with Crippen LogP contribution in [0.25, 0.3) is 0 Å². The highest BCUT2D eigenvalue weighted by molar-refractivity contribution is 5.44. The molecule has 1 aromatic rings. The highest BCUT2D eigenvalue weighted by Crippen LogP contribution is 2.08. The van der Waals surface area contributed by atoms with Gasteiger partial charge in [-0.25, -0.2) is 4.98 Å². The Kier molecular flexibility index (Phi) is 7.97. The Hall–Kier alpha value is -1.29. The van der Waals surface area contributed by atoms with Gasteiger partial charge in [0, 0.05) is 26.3 Å². The Labute approximate surface area is 110 Å². The molecule has 4 nitrogen and oxygen atoms in total. The van der Waals surface area contributed by atoms with Crippen molar-refractivity contribution >= 4 is 11.6 Å². The van der Waals surface area contributed by atoms with Gasteiger partial charge in [-0.2, -0.15) is 0 Å². The van der Waals surface area contributed by atoms with Crippen LogP contribution in [0.2, 0.25) is 0 Å². The van der Waals surface area contributed by atoms with E-state index >= 15 is 0 Å². The van der Waals surface area contributed by atoms with E-state index in [1.165, 1.54) is 6.42 Å². The van der Waals surface area contributed by atoms with Gasteiger partial charge in [-0.3, -0.25) is 0 Å². The number of pyridine rings is 1. The topological polar surface area (TPSA) is 46.2 Å². The smallest absolute Gasteiger partial charge is 0.128 e. The van der Waals surface area contributed by atoms with Crippen LogP contribution in [0, 0.1) is 0 Å². The van der Waals surface area contributed by atoms with Crippen molar-refractivity contribution in [2.24, 2.45) is 0 Å². The molecule has 0 atom stereocenters. The molecule has 0 fully saturated rings. The zero-order valence-electron chi connectivity index (χ0n) is 11.5. The molecule has 0 amide bonds. The lowest BCUT2D eigenvalue weighted by Crippen LogP contribution is -2.08. The third-order valence-electron chi connectivity index (χ3n) is 2.52. The van der Waals surface area contributed by atoms with Crippen LogP contribution in [0.4, 0.5) is 11.6 Å². The van der Waals surface area contributed by atoms with Gasteiger partial charge in [0.25, 0.3) is 0 Å². The molecular weight excluding hydrogens is 226 g/mol. The Morgan fingerprint density at radius 3 is 2.50 bits per heavy atom. The predicted molar refractivity (Wildman–Crippen MR) is 77.2 cm³/mol. The molecule has 0 saturated heterocycles. The van der Waals surface area contributed by atoms with Gasteiger partial charge in [-0.05, 0) is 31.9 Å². The largest absolute Gasteiger partial charge is 0.381 e. The fraction of sp³-hybridized carbons (Fsp3) is 0.643. The molecule has 0 aliphatic rings. The van der Waals surface area contributed by atoms with Crippen molar-refractivity contribution in [3.8, 4) is 0 Å². The summed E-state index contributed by atoms with van der Waals surface area (Å²) in [6.45, 7) is 7.73. The minimum absolute atomic E-state index is 0.819. The average molecular weight is 251 g/mol. The molecule has 1 aromatic heterocycles. The van der Waals surface area contributed by atoms with E-state index < -0.39 is 0 Å². The van der Waals surface area contributed by atoms with E-state index in [1.807, 2.05) is 18.2 Å². The molecule has 0 aliphatic heterocycles. The van der Waals surface area contributed by atoms with Crippen LogP contribution in [0.5, 0.6) is 0 Å². The first-order valence-electron chi connectivity index (χ1n) is 6.89. The van der Waals surface area contributed by atoms with Gasteiger partial charge in [0.15, 0.2) is 0 Å². The number of nitrogens with zero attached hydrogens (tertiary/aromatic N) is 1. The molecule has 4 heteroatoms. The standard InChI is InChI=1S/C14H25N3O/c1-3-5-11-18-12-7-10-16-14-9-6-8-13(17-14)15-4-2/h6,8-9H,3-5,7,10-12H2,1-2H3,(H2,15,16,17). The number of unbranched alkanes of at least 4 members (excludes halogenated alkanes) is 1. The molecule has 0 unspecified atom stereocenters. The van der Waals surface area contributed by atoms with E-state index in [1.54, 1.807) is 0 Å². The normalized spacial score (nSPS) is 10.3. The lowest BCUT2D eigenvalue weighted by molar-refractivity contribution is 0.131. The fourth-order valence-electron chi connectivity index (χ4n) is 1.55. The highest BCUT2D eigenvalue weighted by Gasteiger charge is 1.96. The molecule has 18 heavy (non-hydrogen) atoms. The van der Waals surface area contributed by atoms with Gasteiger partial charge in [-0.15, -0.1) is 0 Å². The van der Waals surface area contributed by atoms with E-state index in [9.17, 15) is 0 Å². The van der Waals surface area contributed by atoms with Crippen molar-refractivity contribution in [2.75, 3.05) is 36.9 Å². The molecular formula is C14H25N3O. The number of rotatable bonds is 10. The molecule has 0 aromatic carbocycles. The van der Waals surface area contributed by atoms with Gasteiger partial charge in [0.2, 0.25) is 0 Å². The first-order valence-corrected chi connectivity index (χ1v) is 6.89. The zero-order chi connectivity index (χ0) is 13.1. The molecule has 0 saturated carbocycles. The second-order valence-corrected chi connectivity index (χ2v) is 4.18. The van der Waals surface area contributed by atoms with E-state index in [0.29, 0.717) is 0 Å². The number of hydrogen-bond donors (Lipinski definition) is 2. The SMILES string of the molecule is CCCCOCCCNc1cccc(NCC)n1. The van der Waals surface area contributed by atoms with Crippen LogP contribution in [-0.2, 0) is 4.74 Å². The number of anilines is 2. The predicted octanol–water partition coefficient (Wildman–Crippen LogP) is 3.13. The maximum atomic E-state index is 5.50. The van der Waals surface area contributed by atoms with Crippen LogP contribution >= 0.6 is 0 Å².